The molecule has 1 atom stereocenters. The van der Waals surface area contributed by atoms with Gasteiger partial charge in [-0.3, -0.25) is 4.79 Å². The molecule has 2 N–H and O–H groups in total. The summed E-state index contributed by atoms with van der Waals surface area (Å²) < 4.78 is 31.0. The minimum atomic E-state index is -3.85. The van der Waals surface area contributed by atoms with E-state index >= 15 is 0 Å². The van der Waals surface area contributed by atoms with Gasteiger partial charge in [-0.2, -0.15) is 0 Å². The quantitative estimate of drug-likeness (QED) is 0.776. The molecule has 6 heteroatoms. The normalized spacial score (nSPS) is 14.1. The molecule has 0 saturated carbocycles. The van der Waals surface area contributed by atoms with Crippen molar-refractivity contribution in [1.29, 1.82) is 0 Å². The van der Waals surface area contributed by atoms with Crippen molar-refractivity contribution in [3.63, 3.8) is 0 Å². The predicted octanol–water partition coefficient (Wildman–Crippen LogP) is 0.231. The van der Waals surface area contributed by atoms with Gasteiger partial charge in [-0.15, -0.1) is 0 Å². The van der Waals surface area contributed by atoms with Crippen LogP contribution in [0.4, 0.5) is 0 Å². The molecule has 0 amide bonds. The smallest absolute Gasteiger partial charge is 0.322 e. The van der Waals surface area contributed by atoms with E-state index in [9.17, 15) is 13.2 Å². The second-order valence-corrected chi connectivity index (χ2v) is 4.78. The van der Waals surface area contributed by atoms with E-state index < -0.39 is 28.3 Å². The summed E-state index contributed by atoms with van der Waals surface area (Å²) in [5.41, 5.74) is 0.715. The Morgan fingerprint density at radius 1 is 1.50 bits per heavy atom. The number of benzene rings is 1. The molecule has 1 rings (SSSR count). The highest BCUT2D eigenvalue weighted by Crippen LogP contribution is 2.04. The van der Waals surface area contributed by atoms with E-state index in [1.54, 1.807) is 30.3 Å². The molecule has 0 spiro atoms. The first-order valence-corrected chi connectivity index (χ1v) is 6.16. The zero-order chi connectivity index (χ0) is 12.9. The molecular formula is C10H13NO4S. The van der Waals surface area contributed by atoms with Gasteiger partial charge in [0.25, 0.3) is 0 Å². The Hall–Kier alpha value is -1.40. The monoisotopic (exact) mass is 244 g/mol. The van der Waals surface area contributed by atoms with E-state index in [1.807, 2.05) is 4.72 Å². The molecule has 5 nitrogen and oxygen atoms in total. The maximum absolute atomic E-state index is 11.1. The van der Waals surface area contributed by atoms with Crippen molar-refractivity contribution in [1.82, 2.24) is 4.72 Å². The maximum Gasteiger partial charge on any atom is 0.322 e. The third kappa shape index (κ3) is 4.41. The lowest BCUT2D eigenvalue weighted by atomic mass is 10.1. The number of carboxylic acids is 1. The number of sulfonamides is 1. The standard InChI is InChI=1S/C10H13NO4S/c1-16(14,15)11-9(10(12)13)7-8-5-3-2-4-6-8/h2-6,9,11H,7H2,1H3,(H,12,13)/t9-/m0/s1/i1D. The first kappa shape index (κ1) is 11.1. The van der Waals surface area contributed by atoms with Crippen LogP contribution in [0.2, 0.25) is 0 Å². The zero-order valence-electron chi connectivity index (χ0n) is 9.46. The highest BCUT2D eigenvalue weighted by atomic mass is 32.2. The third-order valence-corrected chi connectivity index (χ3v) is 2.55. The van der Waals surface area contributed by atoms with E-state index in [1.165, 1.54) is 0 Å². The Morgan fingerprint density at radius 2 is 2.12 bits per heavy atom. The lowest BCUT2D eigenvalue weighted by molar-refractivity contribution is -0.138. The topological polar surface area (TPSA) is 83.5 Å². The molecule has 88 valence electrons. The molecule has 0 saturated heterocycles. The van der Waals surface area contributed by atoms with Crippen molar-refractivity contribution in [3.05, 3.63) is 35.9 Å². The van der Waals surface area contributed by atoms with Crippen LogP contribution < -0.4 is 4.72 Å². The summed E-state index contributed by atoms with van der Waals surface area (Å²) in [5.74, 6) is -1.26. The molecule has 0 aliphatic rings. The summed E-state index contributed by atoms with van der Waals surface area (Å²) in [6.07, 6.45) is -0.832. The third-order valence-electron chi connectivity index (χ3n) is 1.90. The summed E-state index contributed by atoms with van der Waals surface area (Å²) in [5, 5.41) is 8.91. The number of hydrogen-bond donors (Lipinski definition) is 2. The van der Waals surface area contributed by atoms with Crippen molar-refractivity contribution in [2.24, 2.45) is 0 Å². The molecule has 0 heterocycles. The van der Waals surface area contributed by atoms with Gasteiger partial charge in [0.1, 0.15) is 6.04 Å². The molecule has 0 unspecified atom stereocenters. The fourth-order valence-corrected chi connectivity index (χ4v) is 1.86. The van der Waals surface area contributed by atoms with Crippen LogP contribution in [0.3, 0.4) is 0 Å². The van der Waals surface area contributed by atoms with Crippen LogP contribution in [-0.4, -0.2) is 31.8 Å². The van der Waals surface area contributed by atoms with E-state index in [0.717, 1.165) is 0 Å². The fourth-order valence-electron chi connectivity index (χ4n) is 1.25. The number of hydrogen-bond acceptors (Lipinski definition) is 3. The van der Waals surface area contributed by atoms with Gasteiger partial charge in [-0.1, -0.05) is 30.3 Å². The SMILES string of the molecule is [2H]CS(=O)(=O)N[C@@H](Cc1ccccc1)C(=O)O. The first-order valence-electron chi connectivity index (χ1n) is 5.21. The Labute approximate surface area is 95.6 Å². The van der Waals surface area contributed by atoms with Crippen LogP contribution in [-0.2, 0) is 21.2 Å². The Morgan fingerprint density at radius 3 is 2.62 bits per heavy atom. The number of rotatable bonds is 5. The summed E-state index contributed by atoms with van der Waals surface area (Å²) in [6, 6.07) is 7.46. The fraction of sp³-hybridized carbons (Fsp3) is 0.300. The van der Waals surface area contributed by atoms with Crippen LogP contribution in [0, 0.1) is 0 Å². The number of nitrogens with one attached hydrogen (secondary N) is 1. The molecule has 0 bridgehead atoms. The van der Waals surface area contributed by atoms with Crippen LogP contribution >= 0.6 is 0 Å². The second kappa shape index (κ2) is 5.09. The highest BCUT2D eigenvalue weighted by Gasteiger charge is 2.21. The minimum Gasteiger partial charge on any atom is -0.480 e. The molecule has 0 aromatic heterocycles. The molecule has 0 fully saturated rings. The number of carboxylic acid groups (broad SMARTS) is 1. The van der Waals surface area contributed by atoms with Gasteiger partial charge in [0.05, 0.1) is 6.23 Å². The lowest BCUT2D eigenvalue weighted by Crippen LogP contribution is -2.41. The largest absolute Gasteiger partial charge is 0.480 e. The van der Waals surface area contributed by atoms with E-state index in [0.29, 0.717) is 5.56 Å². The van der Waals surface area contributed by atoms with Gasteiger partial charge in [0, 0.05) is 1.37 Å². The van der Waals surface area contributed by atoms with Crippen molar-refractivity contribution >= 4 is 16.0 Å². The summed E-state index contributed by atoms with van der Waals surface area (Å²) in [7, 11) is -3.85. The Kier molecular flexibility index (Phi) is 3.53. The first-order chi connectivity index (χ1) is 7.94. The van der Waals surface area contributed by atoms with Gasteiger partial charge in [0.2, 0.25) is 10.0 Å². The van der Waals surface area contributed by atoms with Gasteiger partial charge in [-0.05, 0) is 12.0 Å². The van der Waals surface area contributed by atoms with Gasteiger partial charge in [0.15, 0.2) is 0 Å². The molecule has 1 aromatic carbocycles. The van der Waals surface area contributed by atoms with E-state index in [-0.39, 0.29) is 6.42 Å². The van der Waals surface area contributed by atoms with Crippen LogP contribution in [0.1, 0.15) is 6.93 Å². The van der Waals surface area contributed by atoms with Gasteiger partial charge < -0.3 is 5.11 Å². The number of aliphatic carboxylic acids is 1. The van der Waals surface area contributed by atoms with E-state index in [2.05, 4.69) is 0 Å². The van der Waals surface area contributed by atoms with Crippen molar-refractivity contribution < 1.29 is 19.7 Å². The molecule has 0 aliphatic heterocycles. The lowest BCUT2D eigenvalue weighted by Gasteiger charge is -2.12. The summed E-state index contributed by atoms with van der Waals surface area (Å²) >= 11 is 0. The average Bonchev–Trinajstić information content (AvgIpc) is 2.29. The summed E-state index contributed by atoms with van der Waals surface area (Å²) in [6.45, 7) is 0. The zero-order valence-corrected chi connectivity index (χ0v) is 9.28. The summed E-state index contributed by atoms with van der Waals surface area (Å²) in [4.78, 5) is 10.9. The number of carbonyl (C=O) groups is 1. The van der Waals surface area contributed by atoms with Crippen LogP contribution in [0.15, 0.2) is 30.3 Å². The average molecular weight is 244 g/mol. The van der Waals surface area contributed by atoms with Crippen molar-refractivity contribution in [2.75, 3.05) is 6.23 Å². The van der Waals surface area contributed by atoms with Gasteiger partial charge >= 0.3 is 5.97 Å². The molecular weight excluding hydrogens is 230 g/mol. The highest BCUT2D eigenvalue weighted by molar-refractivity contribution is 7.88. The van der Waals surface area contributed by atoms with Crippen LogP contribution in [0.5, 0.6) is 0 Å². The molecule has 16 heavy (non-hydrogen) atoms. The van der Waals surface area contributed by atoms with Crippen LogP contribution in [0.25, 0.3) is 0 Å². The van der Waals surface area contributed by atoms with E-state index in [4.69, 9.17) is 6.48 Å². The van der Waals surface area contributed by atoms with Gasteiger partial charge in [-0.25, -0.2) is 13.1 Å². The van der Waals surface area contributed by atoms with Crippen molar-refractivity contribution in [2.45, 2.75) is 12.5 Å². The molecule has 1 aromatic rings. The molecule has 0 aliphatic carbocycles. The second-order valence-electron chi connectivity index (χ2n) is 3.31. The van der Waals surface area contributed by atoms with Crippen molar-refractivity contribution in [3.8, 4) is 0 Å². The predicted molar refractivity (Wildman–Crippen MR) is 59.5 cm³/mol. The molecule has 0 radical (unpaired) electrons. The Bertz CT molecular complexity index is 474. The minimum absolute atomic E-state index is 0.0510. The maximum atomic E-state index is 11.1. The Balaban J connectivity index is 2.78.